The number of aromatic nitrogens is 2. The van der Waals surface area contributed by atoms with Crippen LogP contribution in [0.2, 0.25) is 0 Å². The van der Waals surface area contributed by atoms with Crippen molar-refractivity contribution in [2.45, 2.75) is 19.4 Å². The molecule has 104 valence electrons. The minimum atomic E-state index is -0.145. The molecule has 20 heavy (non-hydrogen) atoms. The summed E-state index contributed by atoms with van der Waals surface area (Å²) in [5.74, 6) is 0.680. The van der Waals surface area contributed by atoms with Gasteiger partial charge in [-0.2, -0.15) is 0 Å². The number of aromatic amines is 1. The van der Waals surface area contributed by atoms with Crippen molar-refractivity contribution in [2.75, 3.05) is 0 Å². The third kappa shape index (κ3) is 3.64. The molecule has 1 aromatic heterocycles. The zero-order chi connectivity index (χ0) is 14.5. The van der Waals surface area contributed by atoms with Crippen molar-refractivity contribution in [3.63, 3.8) is 0 Å². The summed E-state index contributed by atoms with van der Waals surface area (Å²) < 4.78 is 0. The second-order valence-electron chi connectivity index (χ2n) is 4.50. The molecule has 1 unspecified atom stereocenters. The number of amides is 1. The highest BCUT2D eigenvalue weighted by Crippen LogP contribution is 2.08. The SMILES string of the molecule is CC(NC(=O)Cc1ccc(C(N)=S)cc1)c1ncc[nH]1. The molecule has 6 heteroatoms. The first kappa shape index (κ1) is 14.2. The van der Waals surface area contributed by atoms with Gasteiger partial charge in [-0.1, -0.05) is 36.5 Å². The lowest BCUT2D eigenvalue weighted by molar-refractivity contribution is -0.121. The van der Waals surface area contributed by atoms with Gasteiger partial charge in [0.15, 0.2) is 0 Å². The normalized spacial score (nSPS) is 11.8. The van der Waals surface area contributed by atoms with Crippen molar-refractivity contribution in [1.82, 2.24) is 15.3 Å². The minimum absolute atomic E-state index is 0.0584. The average Bonchev–Trinajstić information content (AvgIpc) is 2.93. The fourth-order valence-electron chi connectivity index (χ4n) is 1.85. The summed E-state index contributed by atoms with van der Waals surface area (Å²) in [6.45, 7) is 1.88. The summed E-state index contributed by atoms with van der Waals surface area (Å²) in [6, 6.07) is 7.20. The lowest BCUT2D eigenvalue weighted by Gasteiger charge is -2.11. The molecule has 0 aliphatic carbocycles. The third-order valence-corrected chi connectivity index (χ3v) is 3.15. The van der Waals surface area contributed by atoms with Gasteiger partial charge in [-0.15, -0.1) is 0 Å². The highest BCUT2D eigenvalue weighted by molar-refractivity contribution is 7.80. The number of H-pyrrole nitrogens is 1. The summed E-state index contributed by atoms with van der Waals surface area (Å²) >= 11 is 4.88. The van der Waals surface area contributed by atoms with Crippen LogP contribution in [-0.2, 0) is 11.2 Å². The molecule has 0 aliphatic rings. The second kappa shape index (κ2) is 6.29. The molecule has 1 heterocycles. The molecule has 0 aliphatic heterocycles. The Morgan fingerprint density at radius 1 is 1.45 bits per heavy atom. The van der Waals surface area contributed by atoms with Gasteiger partial charge in [0.25, 0.3) is 0 Å². The van der Waals surface area contributed by atoms with Crippen LogP contribution >= 0.6 is 12.2 Å². The Bertz CT molecular complexity index is 592. The summed E-state index contributed by atoms with van der Waals surface area (Å²) in [4.78, 5) is 19.4. The van der Waals surface area contributed by atoms with Gasteiger partial charge in [0.2, 0.25) is 5.91 Å². The number of hydrogen-bond donors (Lipinski definition) is 3. The molecule has 2 rings (SSSR count). The first-order valence-corrected chi connectivity index (χ1v) is 6.64. The van der Waals surface area contributed by atoms with Gasteiger partial charge in [-0.3, -0.25) is 4.79 Å². The molecule has 2 aromatic rings. The van der Waals surface area contributed by atoms with Crippen LogP contribution in [0.5, 0.6) is 0 Å². The van der Waals surface area contributed by atoms with Crippen LogP contribution < -0.4 is 11.1 Å². The van der Waals surface area contributed by atoms with Gasteiger partial charge in [0.1, 0.15) is 10.8 Å². The molecule has 0 fully saturated rings. The molecule has 4 N–H and O–H groups in total. The molecular weight excluding hydrogens is 272 g/mol. The Kier molecular flexibility index (Phi) is 4.47. The Morgan fingerprint density at radius 2 is 2.15 bits per heavy atom. The maximum atomic E-state index is 11.9. The van der Waals surface area contributed by atoms with Crippen LogP contribution in [0.3, 0.4) is 0 Å². The molecular formula is C14H16N4OS. The van der Waals surface area contributed by atoms with Gasteiger partial charge in [0.05, 0.1) is 12.5 Å². The van der Waals surface area contributed by atoms with E-state index < -0.39 is 0 Å². The monoisotopic (exact) mass is 288 g/mol. The molecule has 0 saturated carbocycles. The van der Waals surface area contributed by atoms with Crippen LogP contribution in [0.15, 0.2) is 36.7 Å². The van der Waals surface area contributed by atoms with Crippen LogP contribution in [-0.4, -0.2) is 20.9 Å². The summed E-state index contributed by atoms with van der Waals surface area (Å²) in [6.07, 6.45) is 3.70. The molecule has 1 amide bonds. The predicted molar refractivity (Wildman–Crippen MR) is 81.2 cm³/mol. The Hall–Kier alpha value is -2.21. The smallest absolute Gasteiger partial charge is 0.224 e. The predicted octanol–water partition coefficient (Wildman–Crippen LogP) is 1.46. The number of rotatable bonds is 5. The summed E-state index contributed by atoms with van der Waals surface area (Å²) in [7, 11) is 0. The van der Waals surface area contributed by atoms with Crippen LogP contribution in [0.1, 0.15) is 29.9 Å². The van der Waals surface area contributed by atoms with Gasteiger partial charge in [-0.05, 0) is 12.5 Å². The van der Waals surface area contributed by atoms with Gasteiger partial charge in [-0.25, -0.2) is 4.98 Å². The van der Waals surface area contributed by atoms with Crippen molar-refractivity contribution in [3.05, 3.63) is 53.6 Å². The number of nitrogens with one attached hydrogen (secondary N) is 2. The maximum Gasteiger partial charge on any atom is 0.224 e. The summed E-state index contributed by atoms with van der Waals surface area (Å²) in [5, 5.41) is 2.88. The topological polar surface area (TPSA) is 83.8 Å². The lowest BCUT2D eigenvalue weighted by Crippen LogP contribution is -2.28. The fourth-order valence-corrected chi connectivity index (χ4v) is 1.98. The number of nitrogens with zero attached hydrogens (tertiary/aromatic N) is 1. The highest BCUT2D eigenvalue weighted by Gasteiger charge is 2.11. The average molecular weight is 288 g/mol. The number of imidazole rings is 1. The summed E-state index contributed by atoms with van der Waals surface area (Å²) in [5.41, 5.74) is 7.24. The van der Waals surface area contributed by atoms with Crippen LogP contribution in [0.4, 0.5) is 0 Å². The fraction of sp³-hybridized carbons (Fsp3) is 0.214. The van der Waals surface area contributed by atoms with Gasteiger partial charge in [0, 0.05) is 18.0 Å². The molecule has 0 bridgehead atoms. The maximum absolute atomic E-state index is 11.9. The first-order chi connectivity index (χ1) is 9.56. The van der Waals surface area contributed by atoms with E-state index in [4.69, 9.17) is 18.0 Å². The van der Waals surface area contributed by atoms with Crippen molar-refractivity contribution < 1.29 is 4.79 Å². The van der Waals surface area contributed by atoms with E-state index in [0.29, 0.717) is 11.4 Å². The van der Waals surface area contributed by atoms with Crippen molar-refractivity contribution >= 4 is 23.1 Å². The standard InChI is InChI=1S/C14H16N4OS/c1-9(14-16-6-7-17-14)18-12(19)8-10-2-4-11(5-3-10)13(15)20/h2-7,9H,8H2,1H3,(H2,15,20)(H,16,17)(H,18,19). The zero-order valence-electron chi connectivity index (χ0n) is 11.1. The third-order valence-electron chi connectivity index (χ3n) is 2.91. The largest absolute Gasteiger partial charge is 0.389 e. The number of carbonyl (C=O) groups is 1. The van der Waals surface area contributed by atoms with E-state index in [1.54, 1.807) is 12.4 Å². The van der Waals surface area contributed by atoms with Gasteiger partial charge < -0.3 is 16.0 Å². The molecule has 0 saturated heterocycles. The van der Waals surface area contributed by atoms with Crippen molar-refractivity contribution in [1.29, 1.82) is 0 Å². The Morgan fingerprint density at radius 3 is 2.70 bits per heavy atom. The molecule has 0 spiro atoms. The Labute approximate surface area is 122 Å². The molecule has 5 nitrogen and oxygen atoms in total. The number of nitrogens with two attached hydrogens (primary N) is 1. The zero-order valence-corrected chi connectivity index (χ0v) is 11.9. The van der Waals surface area contributed by atoms with Crippen molar-refractivity contribution in [3.8, 4) is 0 Å². The van der Waals surface area contributed by atoms with E-state index in [1.165, 1.54) is 0 Å². The number of hydrogen-bond acceptors (Lipinski definition) is 3. The lowest BCUT2D eigenvalue weighted by atomic mass is 10.1. The number of carbonyl (C=O) groups excluding carboxylic acids is 1. The quantitative estimate of drug-likeness (QED) is 0.727. The highest BCUT2D eigenvalue weighted by atomic mass is 32.1. The van der Waals surface area contributed by atoms with Crippen molar-refractivity contribution in [2.24, 2.45) is 5.73 Å². The first-order valence-electron chi connectivity index (χ1n) is 6.23. The molecule has 1 atom stereocenters. The number of thiocarbonyl (C=S) groups is 1. The molecule has 0 radical (unpaired) electrons. The van der Waals surface area contributed by atoms with Crippen LogP contribution in [0, 0.1) is 0 Å². The van der Waals surface area contributed by atoms with E-state index in [9.17, 15) is 4.79 Å². The van der Waals surface area contributed by atoms with E-state index in [-0.39, 0.29) is 11.9 Å². The van der Waals surface area contributed by atoms with E-state index >= 15 is 0 Å². The van der Waals surface area contributed by atoms with Gasteiger partial charge >= 0.3 is 0 Å². The molecule has 1 aromatic carbocycles. The van der Waals surface area contributed by atoms with Crippen LogP contribution in [0.25, 0.3) is 0 Å². The second-order valence-corrected chi connectivity index (χ2v) is 4.94. The Balaban J connectivity index is 1.92. The minimum Gasteiger partial charge on any atom is -0.389 e. The van der Waals surface area contributed by atoms with E-state index in [2.05, 4.69) is 15.3 Å². The van der Waals surface area contributed by atoms with E-state index in [0.717, 1.165) is 17.0 Å². The van der Waals surface area contributed by atoms with E-state index in [1.807, 2.05) is 31.2 Å². The number of benzene rings is 1.